The van der Waals surface area contributed by atoms with Gasteiger partial charge in [-0.2, -0.15) is 0 Å². The van der Waals surface area contributed by atoms with Crippen LogP contribution in [-0.2, 0) is 27.7 Å². The summed E-state index contributed by atoms with van der Waals surface area (Å²) in [6.45, 7) is 0.349. The summed E-state index contributed by atoms with van der Waals surface area (Å²) in [7, 11) is -3.44. The molecule has 0 bridgehead atoms. The second-order valence-electron chi connectivity index (χ2n) is 4.89. The number of nitrogens with two attached hydrogens (primary N) is 1. The van der Waals surface area contributed by atoms with Crippen LogP contribution in [0.4, 0.5) is 0 Å². The molecule has 19 heavy (non-hydrogen) atoms. The van der Waals surface area contributed by atoms with Crippen LogP contribution >= 0.6 is 0 Å². The average Bonchev–Trinajstić information content (AvgIpc) is 2.77. The Bertz CT molecular complexity index is 544. The highest BCUT2D eigenvalue weighted by Crippen LogP contribution is 2.26. The van der Waals surface area contributed by atoms with Crippen LogP contribution in [-0.4, -0.2) is 26.6 Å². The van der Waals surface area contributed by atoms with Crippen LogP contribution in [0.2, 0.25) is 0 Å². The lowest BCUT2D eigenvalue weighted by Crippen LogP contribution is -2.33. The van der Waals surface area contributed by atoms with Gasteiger partial charge in [-0.05, 0) is 30.4 Å². The summed E-state index contributed by atoms with van der Waals surface area (Å²) in [6, 6.07) is 8.05. The molecular formula is C13H18N2O3S. The number of carbonyl (C=O) groups is 1. The number of amides is 1. The number of hydrogen-bond acceptors (Lipinski definition) is 3. The molecule has 0 saturated heterocycles. The normalized spacial score (nSPS) is 15.2. The summed E-state index contributed by atoms with van der Waals surface area (Å²) in [5.41, 5.74) is 2.46. The molecule has 1 aromatic carbocycles. The molecular weight excluding hydrogens is 264 g/mol. The number of nitrogens with one attached hydrogen (secondary N) is 1. The monoisotopic (exact) mass is 282 g/mol. The quantitative estimate of drug-likeness (QED) is 0.756. The minimum Gasteiger partial charge on any atom is -0.356 e. The maximum absolute atomic E-state index is 11.9. The average molecular weight is 282 g/mol. The molecule has 0 atom stereocenters. The SMILES string of the molecule is NS(=O)(=O)CCCNC(=O)C1Cc2ccccc2C1. The minimum absolute atomic E-state index is 0.00869. The van der Waals surface area contributed by atoms with E-state index in [2.05, 4.69) is 5.32 Å². The first-order chi connectivity index (χ1) is 8.96. The summed E-state index contributed by atoms with van der Waals surface area (Å²) in [6.07, 6.45) is 1.87. The fourth-order valence-corrected chi connectivity index (χ4v) is 2.92. The third kappa shape index (κ3) is 4.04. The summed E-state index contributed by atoms with van der Waals surface area (Å²) in [5.74, 6) is -0.143. The number of primary sulfonamides is 1. The number of sulfonamides is 1. The largest absolute Gasteiger partial charge is 0.356 e. The van der Waals surface area contributed by atoms with Crippen molar-refractivity contribution < 1.29 is 13.2 Å². The highest BCUT2D eigenvalue weighted by atomic mass is 32.2. The lowest BCUT2D eigenvalue weighted by molar-refractivity contribution is -0.124. The predicted molar refractivity (Wildman–Crippen MR) is 72.9 cm³/mol. The maximum atomic E-state index is 11.9. The van der Waals surface area contributed by atoms with Gasteiger partial charge in [0.2, 0.25) is 15.9 Å². The zero-order valence-electron chi connectivity index (χ0n) is 10.6. The van der Waals surface area contributed by atoms with Gasteiger partial charge in [-0.1, -0.05) is 24.3 Å². The maximum Gasteiger partial charge on any atom is 0.223 e. The van der Waals surface area contributed by atoms with Crippen LogP contribution in [0.3, 0.4) is 0 Å². The third-order valence-corrected chi connectivity index (χ3v) is 4.18. The standard InChI is InChI=1S/C13H18N2O3S/c14-19(17,18)7-3-6-15-13(16)12-8-10-4-1-2-5-11(10)9-12/h1-2,4-5,12H,3,6-9H2,(H,15,16)(H2,14,17,18). The van der Waals surface area contributed by atoms with E-state index in [0.29, 0.717) is 13.0 Å². The smallest absolute Gasteiger partial charge is 0.223 e. The van der Waals surface area contributed by atoms with Crippen molar-refractivity contribution in [1.29, 1.82) is 0 Å². The third-order valence-electron chi connectivity index (χ3n) is 3.33. The molecule has 0 fully saturated rings. The van der Waals surface area contributed by atoms with Gasteiger partial charge < -0.3 is 5.32 Å². The summed E-state index contributed by atoms with van der Waals surface area (Å²) in [4.78, 5) is 11.9. The van der Waals surface area contributed by atoms with Crippen LogP contribution in [0.25, 0.3) is 0 Å². The molecule has 0 aromatic heterocycles. The summed E-state index contributed by atoms with van der Waals surface area (Å²) in [5, 5.41) is 7.66. The van der Waals surface area contributed by atoms with Crippen molar-refractivity contribution in [2.45, 2.75) is 19.3 Å². The van der Waals surface area contributed by atoms with E-state index >= 15 is 0 Å². The van der Waals surface area contributed by atoms with Crippen molar-refractivity contribution in [3.63, 3.8) is 0 Å². The van der Waals surface area contributed by atoms with Crippen LogP contribution in [0, 0.1) is 5.92 Å². The Morgan fingerprint density at radius 1 is 1.26 bits per heavy atom. The van der Waals surface area contributed by atoms with Gasteiger partial charge in [-0.25, -0.2) is 13.6 Å². The highest BCUT2D eigenvalue weighted by Gasteiger charge is 2.26. The van der Waals surface area contributed by atoms with E-state index in [4.69, 9.17) is 5.14 Å². The zero-order chi connectivity index (χ0) is 13.9. The Kier molecular flexibility index (Phi) is 4.21. The molecule has 0 spiro atoms. The van der Waals surface area contributed by atoms with Gasteiger partial charge in [-0.3, -0.25) is 4.79 Å². The van der Waals surface area contributed by atoms with Crippen molar-refractivity contribution in [2.24, 2.45) is 11.1 Å². The molecule has 0 unspecified atom stereocenters. The Labute approximate surface area is 113 Å². The van der Waals surface area contributed by atoms with E-state index in [9.17, 15) is 13.2 Å². The van der Waals surface area contributed by atoms with Gasteiger partial charge in [0.25, 0.3) is 0 Å². The number of fused-ring (bicyclic) bond motifs is 1. The highest BCUT2D eigenvalue weighted by molar-refractivity contribution is 7.89. The fraction of sp³-hybridized carbons (Fsp3) is 0.462. The molecule has 1 aromatic rings. The van der Waals surface area contributed by atoms with Gasteiger partial charge in [0.1, 0.15) is 0 Å². The van der Waals surface area contributed by atoms with Crippen LogP contribution in [0.15, 0.2) is 24.3 Å². The molecule has 1 aliphatic carbocycles. The molecule has 104 valence electrons. The molecule has 0 radical (unpaired) electrons. The lowest BCUT2D eigenvalue weighted by atomic mass is 10.1. The second-order valence-corrected chi connectivity index (χ2v) is 6.62. The number of hydrogen-bond donors (Lipinski definition) is 2. The van der Waals surface area contributed by atoms with E-state index in [0.717, 1.165) is 12.8 Å². The Balaban J connectivity index is 1.77. The second kappa shape index (κ2) is 5.71. The van der Waals surface area contributed by atoms with E-state index in [1.807, 2.05) is 24.3 Å². The first kappa shape index (κ1) is 14.0. The van der Waals surface area contributed by atoms with Gasteiger partial charge in [0, 0.05) is 12.5 Å². The molecule has 1 amide bonds. The van der Waals surface area contributed by atoms with E-state index in [1.54, 1.807) is 0 Å². The van der Waals surface area contributed by atoms with E-state index < -0.39 is 10.0 Å². The summed E-state index contributed by atoms with van der Waals surface area (Å²) >= 11 is 0. The summed E-state index contributed by atoms with van der Waals surface area (Å²) < 4.78 is 21.5. The van der Waals surface area contributed by atoms with Crippen molar-refractivity contribution >= 4 is 15.9 Å². The topological polar surface area (TPSA) is 89.3 Å². The van der Waals surface area contributed by atoms with Crippen molar-refractivity contribution in [3.8, 4) is 0 Å². The van der Waals surface area contributed by atoms with E-state index in [-0.39, 0.29) is 17.6 Å². The Morgan fingerprint density at radius 3 is 2.37 bits per heavy atom. The van der Waals surface area contributed by atoms with Gasteiger partial charge >= 0.3 is 0 Å². The number of benzene rings is 1. The molecule has 0 heterocycles. The molecule has 6 heteroatoms. The number of rotatable bonds is 5. The predicted octanol–water partition coefficient (Wildman–Crippen LogP) is 0.196. The first-order valence-electron chi connectivity index (χ1n) is 6.31. The van der Waals surface area contributed by atoms with Gasteiger partial charge in [0.15, 0.2) is 0 Å². The molecule has 0 saturated carbocycles. The van der Waals surface area contributed by atoms with Gasteiger partial charge in [-0.15, -0.1) is 0 Å². The lowest BCUT2D eigenvalue weighted by Gasteiger charge is -2.09. The fourth-order valence-electron chi connectivity index (χ4n) is 2.37. The van der Waals surface area contributed by atoms with Crippen molar-refractivity contribution in [2.75, 3.05) is 12.3 Å². The Hall–Kier alpha value is -1.40. The van der Waals surface area contributed by atoms with Crippen molar-refractivity contribution in [3.05, 3.63) is 35.4 Å². The van der Waals surface area contributed by atoms with Gasteiger partial charge in [0.05, 0.1) is 5.75 Å². The molecule has 2 rings (SSSR count). The van der Waals surface area contributed by atoms with E-state index in [1.165, 1.54) is 11.1 Å². The Morgan fingerprint density at radius 2 is 1.84 bits per heavy atom. The van der Waals surface area contributed by atoms with Crippen LogP contribution in [0.1, 0.15) is 17.5 Å². The first-order valence-corrected chi connectivity index (χ1v) is 8.02. The number of carbonyl (C=O) groups excluding carboxylic acids is 1. The van der Waals surface area contributed by atoms with Crippen LogP contribution < -0.4 is 10.5 Å². The zero-order valence-corrected chi connectivity index (χ0v) is 11.4. The van der Waals surface area contributed by atoms with Crippen LogP contribution in [0.5, 0.6) is 0 Å². The minimum atomic E-state index is -3.44. The molecule has 0 aliphatic heterocycles. The van der Waals surface area contributed by atoms with Crippen molar-refractivity contribution in [1.82, 2.24) is 5.32 Å². The molecule has 1 aliphatic rings. The molecule has 3 N–H and O–H groups in total. The molecule has 5 nitrogen and oxygen atoms in total.